The van der Waals surface area contributed by atoms with Crippen LogP contribution in [0.1, 0.15) is 57.6 Å². The van der Waals surface area contributed by atoms with Crippen LogP contribution in [0.5, 0.6) is 0 Å². The van der Waals surface area contributed by atoms with Gasteiger partial charge >= 0.3 is 0 Å². The molecule has 1 aromatic rings. The van der Waals surface area contributed by atoms with E-state index >= 15 is 0 Å². The molecule has 3 rings (SSSR count). The number of nitrogens with zero attached hydrogens (tertiary/aromatic N) is 3. The van der Waals surface area contributed by atoms with Crippen LogP contribution in [-0.4, -0.2) is 45.7 Å². The van der Waals surface area contributed by atoms with Gasteiger partial charge in [-0.15, -0.1) is 0 Å². The summed E-state index contributed by atoms with van der Waals surface area (Å²) in [6, 6.07) is 4.30. The molecule has 130 valence electrons. The summed E-state index contributed by atoms with van der Waals surface area (Å²) in [6.45, 7) is 5.38. The molecule has 2 fully saturated rings. The Morgan fingerprint density at radius 1 is 1.21 bits per heavy atom. The third kappa shape index (κ3) is 3.45. The summed E-state index contributed by atoms with van der Waals surface area (Å²) in [5.74, 6) is 0.0659. The number of hydrogen-bond donors (Lipinski definition) is 0. The third-order valence-corrected chi connectivity index (χ3v) is 5.26. The minimum absolute atomic E-state index is 0.110. The first-order chi connectivity index (χ1) is 11.6. The fraction of sp³-hybridized carbons (Fsp3) is 0.632. The van der Waals surface area contributed by atoms with Crippen LogP contribution in [-0.2, 0) is 9.59 Å². The zero-order valence-electron chi connectivity index (χ0n) is 14.6. The highest BCUT2D eigenvalue weighted by molar-refractivity contribution is 5.89. The van der Waals surface area contributed by atoms with Crippen molar-refractivity contribution < 1.29 is 9.59 Å². The van der Waals surface area contributed by atoms with Crippen molar-refractivity contribution in [1.82, 2.24) is 14.8 Å². The second-order valence-corrected chi connectivity index (χ2v) is 7.22. The van der Waals surface area contributed by atoms with E-state index in [0.717, 1.165) is 37.8 Å². The molecule has 0 saturated carbocycles. The van der Waals surface area contributed by atoms with Crippen LogP contribution < -0.4 is 0 Å². The molecule has 0 radical (unpaired) electrons. The van der Waals surface area contributed by atoms with Gasteiger partial charge in [-0.25, -0.2) is 0 Å². The Kier molecular flexibility index (Phi) is 5.17. The summed E-state index contributed by atoms with van der Waals surface area (Å²) in [7, 11) is 0. The highest BCUT2D eigenvalue weighted by Gasteiger charge is 2.39. The molecule has 2 aliphatic rings. The van der Waals surface area contributed by atoms with Crippen molar-refractivity contribution in [2.24, 2.45) is 5.92 Å². The summed E-state index contributed by atoms with van der Waals surface area (Å²) in [4.78, 5) is 33.3. The lowest BCUT2D eigenvalue weighted by molar-refractivity contribution is -0.138. The highest BCUT2D eigenvalue weighted by Crippen LogP contribution is 2.33. The molecule has 0 aliphatic carbocycles. The number of amides is 2. The maximum absolute atomic E-state index is 13.2. The molecule has 0 unspecified atom stereocenters. The molecule has 1 aromatic heterocycles. The molecule has 2 saturated heterocycles. The van der Waals surface area contributed by atoms with Gasteiger partial charge in [-0.05, 0) is 44.4 Å². The molecule has 2 aliphatic heterocycles. The second-order valence-electron chi connectivity index (χ2n) is 7.22. The lowest BCUT2D eigenvalue weighted by atomic mass is 9.99. The van der Waals surface area contributed by atoms with Crippen molar-refractivity contribution in [1.29, 1.82) is 0 Å². The molecule has 5 heteroatoms. The minimum atomic E-state index is -0.192. The zero-order chi connectivity index (χ0) is 17.1. The molecule has 0 spiro atoms. The standard InChI is InChI=1S/C19H27N3O2/c1-14(2)22-13-16(12-18(22)23)19(24)21-11-5-3-4-6-17(21)15-7-9-20-10-8-15/h7-10,14,16-17H,3-6,11-13H2,1-2H3/t16-,17+/m0/s1. The molecule has 5 nitrogen and oxygen atoms in total. The maximum Gasteiger partial charge on any atom is 0.228 e. The van der Waals surface area contributed by atoms with E-state index in [9.17, 15) is 9.59 Å². The number of pyridine rings is 1. The van der Waals surface area contributed by atoms with Gasteiger partial charge in [0.1, 0.15) is 0 Å². The van der Waals surface area contributed by atoms with Gasteiger partial charge in [-0.3, -0.25) is 14.6 Å². The number of likely N-dealkylation sites (tertiary alicyclic amines) is 2. The number of aromatic nitrogens is 1. The van der Waals surface area contributed by atoms with Gasteiger partial charge in [-0.1, -0.05) is 12.8 Å². The van der Waals surface area contributed by atoms with Crippen LogP contribution in [0.15, 0.2) is 24.5 Å². The Morgan fingerprint density at radius 3 is 2.62 bits per heavy atom. The third-order valence-electron chi connectivity index (χ3n) is 5.26. The monoisotopic (exact) mass is 329 g/mol. The topological polar surface area (TPSA) is 53.5 Å². The fourth-order valence-electron chi connectivity index (χ4n) is 3.93. The van der Waals surface area contributed by atoms with Crippen molar-refractivity contribution in [2.75, 3.05) is 13.1 Å². The number of rotatable bonds is 3. The number of carbonyl (C=O) groups excluding carboxylic acids is 2. The van der Waals surface area contributed by atoms with Crippen LogP contribution in [0, 0.1) is 5.92 Å². The molecule has 0 aromatic carbocycles. The van der Waals surface area contributed by atoms with E-state index in [1.165, 1.54) is 0 Å². The minimum Gasteiger partial charge on any atom is -0.339 e. The molecule has 0 N–H and O–H groups in total. The Hall–Kier alpha value is -1.91. The van der Waals surface area contributed by atoms with Crippen molar-refractivity contribution in [2.45, 2.75) is 58.0 Å². The Bertz CT molecular complexity index is 588. The smallest absolute Gasteiger partial charge is 0.228 e. The predicted octanol–water partition coefficient (Wildman–Crippen LogP) is 2.78. The van der Waals surface area contributed by atoms with E-state index in [-0.39, 0.29) is 29.8 Å². The lowest BCUT2D eigenvalue weighted by Crippen LogP contribution is -2.40. The normalized spacial score (nSPS) is 25.2. The fourth-order valence-corrected chi connectivity index (χ4v) is 3.93. The Labute approximate surface area is 144 Å². The average molecular weight is 329 g/mol. The Morgan fingerprint density at radius 2 is 1.96 bits per heavy atom. The largest absolute Gasteiger partial charge is 0.339 e. The van der Waals surface area contributed by atoms with Crippen molar-refractivity contribution in [3.63, 3.8) is 0 Å². The summed E-state index contributed by atoms with van der Waals surface area (Å²) in [6.07, 6.45) is 8.28. The van der Waals surface area contributed by atoms with Crippen molar-refractivity contribution >= 4 is 11.8 Å². The molecular formula is C19H27N3O2. The van der Waals surface area contributed by atoms with Gasteiger partial charge < -0.3 is 9.80 Å². The zero-order valence-corrected chi connectivity index (χ0v) is 14.6. The van der Waals surface area contributed by atoms with Crippen molar-refractivity contribution in [3.05, 3.63) is 30.1 Å². The van der Waals surface area contributed by atoms with Gasteiger partial charge in [0.15, 0.2) is 0 Å². The molecule has 0 bridgehead atoms. The summed E-state index contributed by atoms with van der Waals surface area (Å²) in [5.41, 5.74) is 1.16. The van der Waals surface area contributed by atoms with Crippen molar-refractivity contribution in [3.8, 4) is 0 Å². The van der Waals surface area contributed by atoms with E-state index < -0.39 is 0 Å². The van der Waals surface area contributed by atoms with Gasteiger partial charge in [0.2, 0.25) is 11.8 Å². The van der Waals surface area contributed by atoms with Gasteiger partial charge in [-0.2, -0.15) is 0 Å². The number of carbonyl (C=O) groups is 2. The van der Waals surface area contributed by atoms with Crippen LogP contribution in [0.25, 0.3) is 0 Å². The first kappa shape index (κ1) is 16.9. The summed E-state index contributed by atoms with van der Waals surface area (Å²) < 4.78 is 0. The van der Waals surface area contributed by atoms with Gasteiger partial charge in [0.25, 0.3) is 0 Å². The van der Waals surface area contributed by atoms with Crippen LogP contribution in [0.3, 0.4) is 0 Å². The van der Waals surface area contributed by atoms with Crippen LogP contribution >= 0.6 is 0 Å². The van der Waals surface area contributed by atoms with Gasteiger partial charge in [0, 0.05) is 37.9 Å². The Balaban J connectivity index is 1.79. The van der Waals surface area contributed by atoms with Crippen LogP contribution in [0.4, 0.5) is 0 Å². The van der Waals surface area contributed by atoms with E-state index in [1.54, 1.807) is 12.4 Å². The number of hydrogen-bond acceptors (Lipinski definition) is 3. The predicted molar refractivity (Wildman–Crippen MR) is 92.1 cm³/mol. The van der Waals surface area contributed by atoms with Crippen LogP contribution in [0.2, 0.25) is 0 Å². The van der Waals surface area contributed by atoms with E-state index in [2.05, 4.69) is 4.98 Å². The SMILES string of the molecule is CC(C)N1C[C@@H](C(=O)N2CCCCC[C@@H]2c2ccncc2)CC1=O. The first-order valence-corrected chi connectivity index (χ1v) is 9.08. The quantitative estimate of drug-likeness (QED) is 0.857. The maximum atomic E-state index is 13.2. The molecule has 2 atom stereocenters. The molecule has 2 amide bonds. The molecule has 24 heavy (non-hydrogen) atoms. The van der Waals surface area contributed by atoms with E-state index in [4.69, 9.17) is 0 Å². The summed E-state index contributed by atoms with van der Waals surface area (Å²) >= 11 is 0. The van der Waals surface area contributed by atoms with Gasteiger partial charge in [0.05, 0.1) is 12.0 Å². The van der Waals surface area contributed by atoms with E-state index in [1.807, 2.05) is 35.8 Å². The first-order valence-electron chi connectivity index (χ1n) is 9.08. The lowest BCUT2D eigenvalue weighted by Gasteiger charge is -2.32. The molecular weight excluding hydrogens is 302 g/mol. The molecule has 3 heterocycles. The highest BCUT2D eigenvalue weighted by atomic mass is 16.2. The second kappa shape index (κ2) is 7.32. The summed E-state index contributed by atoms with van der Waals surface area (Å²) in [5, 5.41) is 0. The average Bonchev–Trinajstić information content (AvgIpc) is 2.82. The van der Waals surface area contributed by atoms with E-state index in [0.29, 0.717) is 13.0 Å².